The minimum atomic E-state index is -1.45. The molecule has 2 aliphatic heterocycles. The summed E-state index contributed by atoms with van der Waals surface area (Å²) in [5, 5.41) is 29.7. The highest BCUT2D eigenvalue weighted by Gasteiger charge is 2.54. The molecule has 5 rings (SSSR count). The lowest BCUT2D eigenvalue weighted by Gasteiger charge is -2.36. The molecule has 30 heavy (non-hydrogen) atoms. The third-order valence-corrected chi connectivity index (χ3v) is 6.04. The van der Waals surface area contributed by atoms with Gasteiger partial charge in [-0.3, -0.25) is 0 Å². The maximum atomic E-state index is 13.0. The van der Waals surface area contributed by atoms with E-state index < -0.39 is 11.6 Å². The zero-order chi connectivity index (χ0) is 21.2. The van der Waals surface area contributed by atoms with E-state index >= 15 is 0 Å². The average Bonchev–Trinajstić information content (AvgIpc) is 3.00. The van der Waals surface area contributed by atoms with Crippen molar-refractivity contribution in [3.63, 3.8) is 0 Å². The number of hydrogen-bond acceptors (Lipinski definition) is 6. The number of rotatable bonds is 2. The predicted octanol–water partition coefficient (Wildman–Crippen LogP) is 4.51. The number of esters is 1. The van der Waals surface area contributed by atoms with Crippen LogP contribution in [0.2, 0.25) is 10.0 Å². The van der Waals surface area contributed by atoms with Crippen LogP contribution in [-0.4, -0.2) is 27.9 Å². The molecule has 6 nitrogen and oxygen atoms in total. The van der Waals surface area contributed by atoms with E-state index in [1.165, 1.54) is 24.3 Å². The summed E-state index contributed by atoms with van der Waals surface area (Å²) in [5.41, 5.74) is 0.892. The quantitative estimate of drug-likeness (QED) is 0.503. The SMILES string of the molecule is O=C1OC2(c3cc(Cl)c(O)cc3Oc3cc(O)c(Cl)cc32)c2cccc(CCO)c21. The van der Waals surface area contributed by atoms with Crippen molar-refractivity contribution in [3.05, 3.63) is 80.3 Å². The van der Waals surface area contributed by atoms with E-state index in [0.717, 1.165) is 0 Å². The van der Waals surface area contributed by atoms with E-state index in [1.807, 2.05) is 0 Å². The monoisotopic (exact) mass is 444 g/mol. The smallest absolute Gasteiger partial charge is 0.340 e. The van der Waals surface area contributed by atoms with Gasteiger partial charge < -0.3 is 24.8 Å². The fraction of sp³-hybridized carbons (Fsp3) is 0.136. The summed E-state index contributed by atoms with van der Waals surface area (Å²) in [5.74, 6) is -0.531. The van der Waals surface area contributed by atoms with Crippen LogP contribution in [-0.2, 0) is 16.8 Å². The number of halogens is 2. The van der Waals surface area contributed by atoms with Crippen molar-refractivity contribution in [3.8, 4) is 23.0 Å². The summed E-state index contributed by atoms with van der Waals surface area (Å²) in [6.45, 7) is -0.133. The van der Waals surface area contributed by atoms with Gasteiger partial charge in [0.15, 0.2) is 5.60 Å². The van der Waals surface area contributed by atoms with Gasteiger partial charge in [-0.2, -0.15) is 0 Å². The van der Waals surface area contributed by atoms with Gasteiger partial charge in [-0.15, -0.1) is 0 Å². The molecule has 0 aliphatic carbocycles. The normalized spacial score (nSPS) is 15.2. The third kappa shape index (κ3) is 2.45. The number of fused-ring (bicyclic) bond motifs is 6. The Bertz CT molecular complexity index is 1180. The number of phenols is 2. The maximum absolute atomic E-state index is 13.0. The lowest BCUT2D eigenvalue weighted by atomic mass is 9.77. The number of aromatic hydroxyl groups is 2. The van der Waals surface area contributed by atoms with Crippen LogP contribution in [0, 0.1) is 0 Å². The summed E-state index contributed by atoms with van der Waals surface area (Å²) in [6, 6.07) is 10.9. The van der Waals surface area contributed by atoms with Crippen molar-refractivity contribution in [2.24, 2.45) is 0 Å². The Hall–Kier alpha value is -2.93. The van der Waals surface area contributed by atoms with Crippen LogP contribution >= 0.6 is 23.2 Å². The van der Waals surface area contributed by atoms with Crippen LogP contribution in [0.4, 0.5) is 0 Å². The molecule has 0 atom stereocenters. The molecule has 2 heterocycles. The van der Waals surface area contributed by atoms with Crippen molar-refractivity contribution >= 4 is 29.2 Å². The second-order valence-corrected chi connectivity index (χ2v) is 7.90. The Morgan fingerprint density at radius 3 is 2.07 bits per heavy atom. The third-order valence-electron chi connectivity index (χ3n) is 5.44. The second kappa shape index (κ2) is 6.54. The number of ether oxygens (including phenoxy) is 2. The van der Waals surface area contributed by atoms with Crippen molar-refractivity contribution in [1.29, 1.82) is 0 Å². The highest BCUT2D eigenvalue weighted by atomic mass is 35.5. The Morgan fingerprint density at radius 2 is 1.50 bits per heavy atom. The molecule has 8 heteroatoms. The zero-order valence-corrected chi connectivity index (χ0v) is 16.8. The van der Waals surface area contributed by atoms with Gasteiger partial charge in [0.25, 0.3) is 0 Å². The standard InChI is InChI=1S/C22H14Cl2O6/c23-14-6-12-18(8-16(14)26)29-19-9-17(27)15(24)7-13(19)22(12)11-3-1-2-10(4-5-25)20(11)21(28)30-22/h1-3,6-9,25-27H,4-5H2. The topological polar surface area (TPSA) is 96.2 Å². The van der Waals surface area contributed by atoms with Crippen LogP contribution in [0.25, 0.3) is 0 Å². The van der Waals surface area contributed by atoms with E-state index in [1.54, 1.807) is 18.2 Å². The lowest BCUT2D eigenvalue weighted by Crippen LogP contribution is -2.33. The van der Waals surface area contributed by atoms with Gasteiger partial charge in [-0.1, -0.05) is 41.4 Å². The number of aliphatic hydroxyl groups excluding tert-OH is 1. The lowest BCUT2D eigenvalue weighted by molar-refractivity contribution is 0.0223. The van der Waals surface area contributed by atoms with Crippen LogP contribution in [0.5, 0.6) is 23.0 Å². The molecule has 1 spiro atoms. The number of aliphatic hydroxyl groups is 1. The molecule has 0 bridgehead atoms. The Morgan fingerprint density at radius 1 is 0.900 bits per heavy atom. The van der Waals surface area contributed by atoms with Gasteiger partial charge in [0.05, 0.1) is 15.6 Å². The molecule has 0 radical (unpaired) electrons. The Balaban J connectivity index is 1.91. The number of phenolic OH excluding ortho intramolecular Hbond substituents is 2. The molecular formula is C22H14Cl2O6. The second-order valence-electron chi connectivity index (χ2n) is 7.09. The predicted molar refractivity (Wildman–Crippen MR) is 109 cm³/mol. The van der Waals surface area contributed by atoms with Gasteiger partial charge in [0, 0.05) is 35.4 Å². The number of carbonyl (C=O) groups is 1. The molecule has 0 saturated carbocycles. The first-order valence-electron chi connectivity index (χ1n) is 9.07. The summed E-state index contributed by atoms with van der Waals surface area (Å²) in [4.78, 5) is 13.0. The van der Waals surface area contributed by atoms with Gasteiger partial charge in [0.1, 0.15) is 23.0 Å². The van der Waals surface area contributed by atoms with Crippen molar-refractivity contribution in [2.75, 3.05) is 6.61 Å². The first-order valence-corrected chi connectivity index (χ1v) is 9.82. The number of hydrogen-bond donors (Lipinski definition) is 3. The fourth-order valence-electron chi connectivity index (χ4n) is 4.18. The molecule has 2 aliphatic rings. The van der Waals surface area contributed by atoms with Crippen LogP contribution in [0.1, 0.15) is 32.6 Å². The molecule has 0 unspecified atom stereocenters. The van der Waals surface area contributed by atoms with Crippen LogP contribution in [0.15, 0.2) is 42.5 Å². The summed E-state index contributed by atoms with van der Waals surface area (Å²) >= 11 is 12.4. The van der Waals surface area contributed by atoms with Crippen molar-refractivity contribution in [1.82, 2.24) is 0 Å². The summed E-state index contributed by atoms with van der Waals surface area (Å²) in [7, 11) is 0. The minimum absolute atomic E-state index is 0.0565. The van der Waals surface area contributed by atoms with Crippen LogP contribution in [0.3, 0.4) is 0 Å². The molecule has 3 aromatic carbocycles. The van der Waals surface area contributed by atoms with Gasteiger partial charge in [0.2, 0.25) is 0 Å². The summed E-state index contributed by atoms with van der Waals surface area (Å²) < 4.78 is 11.9. The Labute approximate surface area is 180 Å². The van der Waals surface area contributed by atoms with E-state index in [4.69, 9.17) is 32.7 Å². The molecule has 152 valence electrons. The van der Waals surface area contributed by atoms with Gasteiger partial charge in [-0.25, -0.2) is 4.79 Å². The molecule has 0 amide bonds. The minimum Gasteiger partial charge on any atom is -0.506 e. The van der Waals surface area contributed by atoms with Gasteiger partial charge >= 0.3 is 5.97 Å². The molecule has 3 N–H and O–H groups in total. The fourth-order valence-corrected chi connectivity index (χ4v) is 4.50. The van der Waals surface area contributed by atoms with Crippen molar-refractivity contribution in [2.45, 2.75) is 12.0 Å². The van der Waals surface area contributed by atoms with Crippen molar-refractivity contribution < 1.29 is 29.6 Å². The zero-order valence-electron chi connectivity index (χ0n) is 15.3. The molecular weight excluding hydrogens is 431 g/mol. The molecule has 0 saturated heterocycles. The van der Waals surface area contributed by atoms with E-state index in [0.29, 0.717) is 27.8 Å². The van der Waals surface area contributed by atoms with Crippen LogP contribution < -0.4 is 4.74 Å². The molecule has 3 aromatic rings. The highest BCUT2D eigenvalue weighted by molar-refractivity contribution is 6.32. The number of benzene rings is 3. The summed E-state index contributed by atoms with van der Waals surface area (Å²) in [6.07, 6.45) is 0.275. The van der Waals surface area contributed by atoms with Gasteiger partial charge in [-0.05, 0) is 24.1 Å². The maximum Gasteiger partial charge on any atom is 0.340 e. The van der Waals surface area contributed by atoms with E-state index in [9.17, 15) is 20.1 Å². The largest absolute Gasteiger partial charge is 0.506 e. The van der Waals surface area contributed by atoms with E-state index in [2.05, 4.69) is 0 Å². The Kier molecular flexibility index (Phi) is 4.15. The number of carbonyl (C=O) groups excluding carboxylic acids is 1. The molecule has 0 aromatic heterocycles. The first-order chi connectivity index (χ1) is 14.4. The highest BCUT2D eigenvalue weighted by Crippen LogP contribution is 2.58. The first kappa shape index (κ1) is 19.1. The molecule has 0 fully saturated rings. The average molecular weight is 445 g/mol. The van der Waals surface area contributed by atoms with E-state index in [-0.39, 0.29) is 46.1 Å².